The maximum atomic E-state index is 15.8. The average molecular weight is 628 g/mol. The molecule has 1 unspecified atom stereocenters. The van der Waals surface area contributed by atoms with Crippen LogP contribution in [-0.4, -0.2) is 88.4 Å². The number of alkyl halides is 2. The zero-order chi connectivity index (χ0) is 31.6. The van der Waals surface area contributed by atoms with E-state index in [-0.39, 0.29) is 43.0 Å². The second kappa shape index (κ2) is 15.5. The number of fused-ring (bicyclic) bond motifs is 1. The molecule has 5 rings (SSSR count). The van der Waals surface area contributed by atoms with Gasteiger partial charge in [0, 0.05) is 44.7 Å². The number of aromatic nitrogens is 2. The molecule has 244 valence electrons. The maximum Gasteiger partial charge on any atom is 0.273 e. The topological polar surface area (TPSA) is 141 Å². The minimum absolute atomic E-state index is 0.00795. The second-order valence-corrected chi connectivity index (χ2v) is 12.3. The monoisotopic (exact) mass is 627 g/mol. The normalized spacial score (nSPS) is 19.0. The number of benzene rings is 1. The van der Waals surface area contributed by atoms with E-state index in [1.165, 1.54) is 17.2 Å². The Morgan fingerprint density at radius 1 is 1.18 bits per heavy atom. The van der Waals surface area contributed by atoms with Crippen LogP contribution >= 0.6 is 0 Å². The van der Waals surface area contributed by atoms with Crippen LogP contribution in [-0.2, 0) is 22.6 Å². The third-order valence-electron chi connectivity index (χ3n) is 8.66. The Balaban J connectivity index is 1.17. The lowest BCUT2D eigenvalue weighted by Crippen LogP contribution is -2.44. The molecule has 2 heterocycles. The van der Waals surface area contributed by atoms with Gasteiger partial charge in [-0.3, -0.25) is 14.5 Å². The Morgan fingerprint density at radius 3 is 2.71 bits per heavy atom. The van der Waals surface area contributed by atoms with E-state index in [2.05, 4.69) is 48.1 Å². The molecule has 1 aromatic carbocycles. The molecule has 4 N–H and O–H groups in total. The summed E-state index contributed by atoms with van der Waals surface area (Å²) in [6.07, 6.45) is 6.49. The van der Waals surface area contributed by atoms with Gasteiger partial charge in [0.25, 0.3) is 11.8 Å². The molecule has 0 saturated heterocycles. The highest BCUT2D eigenvalue weighted by Gasteiger charge is 2.44. The van der Waals surface area contributed by atoms with Crippen molar-refractivity contribution in [1.82, 2.24) is 25.5 Å². The number of carbonyl (C=O) groups is 2. The molecule has 2 atom stereocenters. The lowest BCUT2D eigenvalue weighted by atomic mass is 9.98. The summed E-state index contributed by atoms with van der Waals surface area (Å²) >= 11 is 0. The first kappa shape index (κ1) is 32.7. The highest BCUT2D eigenvalue weighted by atomic mass is 19.3. The van der Waals surface area contributed by atoms with Crippen molar-refractivity contribution >= 4 is 23.8 Å². The van der Waals surface area contributed by atoms with Gasteiger partial charge < -0.3 is 25.9 Å². The first-order valence-electron chi connectivity index (χ1n) is 15.9. The highest BCUT2D eigenvalue weighted by Crippen LogP contribution is 2.38. The first-order chi connectivity index (χ1) is 21.8. The number of nitrogens with zero attached hydrogens (tertiary/aromatic N) is 4. The van der Waals surface area contributed by atoms with Crippen LogP contribution < -0.4 is 16.0 Å². The lowest BCUT2D eigenvalue weighted by molar-refractivity contribution is -0.109. The zero-order valence-corrected chi connectivity index (χ0v) is 25.5. The molecule has 0 bridgehead atoms. The molecule has 3 aliphatic rings. The van der Waals surface area contributed by atoms with Crippen LogP contribution in [0.5, 0.6) is 0 Å². The van der Waals surface area contributed by atoms with E-state index in [1.807, 2.05) is 12.1 Å². The minimum Gasteiger partial charge on any atom is -0.393 e. The number of oxime groups is 1. The zero-order valence-electron chi connectivity index (χ0n) is 25.5. The fraction of sp³-hybridized carbons (Fsp3) is 0.594. The van der Waals surface area contributed by atoms with Crippen molar-refractivity contribution in [2.24, 2.45) is 11.1 Å². The number of amides is 2. The van der Waals surface area contributed by atoms with E-state index in [9.17, 15) is 14.7 Å². The Kier molecular flexibility index (Phi) is 11.3. The van der Waals surface area contributed by atoms with Gasteiger partial charge in [0.05, 0.1) is 24.3 Å². The molecule has 11 nitrogen and oxygen atoms in total. The van der Waals surface area contributed by atoms with Crippen LogP contribution in [0.2, 0.25) is 0 Å². The molecule has 13 heteroatoms. The van der Waals surface area contributed by atoms with Crippen LogP contribution in [0, 0.1) is 5.92 Å². The number of rotatable bonds is 17. The summed E-state index contributed by atoms with van der Waals surface area (Å²) in [7, 11) is 0. The van der Waals surface area contributed by atoms with Crippen LogP contribution in [0.3, 0.4) is 0 Å². The molecule has 2 aliphatic carbocycles. The number of anilines is 1. The number of hydrogen-bond acceptors (Lipinski definition) is 9. The Morgan fingerprint density at radius 2 is 1.96 bits per heavy atom. The number of hydrogen-bond donors (Lipinski definition) is 4. The molecule has 2 saturated carbocycles. The highest BCUT2D eigenvalue weighted by molar-refractivity contribution is 5.92. The molecule has 2 fully saturated rings. The van der Waals surface area contributed by atoms with Crippen molar-refractivity contribution in [3.8, 4) is 0 Å². The van der Waals surface area contributed by atoms with Gasteiger partial charge in [-0.05, 0) is 62.5 Å². The summed E-state index contributed by atoms with van der Waals surface area (Å²) in [4.78, 5) is 39.6. The van der Waals surface area contributed by atoms with Crippen LogP contribution in [0.25, 0.3) is 0 Å². The van der Waals surface area contributed by atoms with Gasteiger partial charge in [0.1, 0.15) is 23.9 Å². The van der Waals surface area contributed by atoms with Gasteiger partial charge in [-0.15, -0.1) is 0 Å². The van der Waals surface area contributed by atoms with E-state index in [0.29, 0.717) is 18.7 Å². The molecule has 2 aromatic rings. The van der Waals surface area contributed by atoms with Crippen LogP contribution in [0.15, 0.2) is 41.8 Å². The Bertz CT molecular complexity index is 1320. The molecular weight excluding hydrogens is 584 g/mol. The third-order valence-corrected chi connectivity index (χ3v) is 8.66. The van der Waals surface area contributed by atoms with Crippen molar-refractivity contribution in [2.75, 3.05) is 31.5 Å². The number of halogens is 2. The van der Waals surface area contributed by atoms with Crippen molar-refractivity contribution < 1.29 is 28.3 Å². The number of β-amino-alcohol motifs (C(OH)–C–C–N with tert-alkyl or cyclic N) is 1. The fourth-order valence-electron chi connectivity index (χ4n) is 5.96. The first-order valence-corrected chi connectivity index (χ1v) is 15.9. The van der Waals surface area contributed by atoms with Crippen LogP contribution in [0.4, 0.5) is 14.6 Å². The Labute approximate surface area is 262 Å². The van der Waals surface area contributed by atoms with E-state index in [4.69, 9.17) is 4.84 Å². The third kappa shape index (κ3) is 9.64. The number of carbonyl (C=O) groups excluding carboxylic acids is 2. The Hall–Kier alpha value is -3.71. The van der Waals surface area contributed by atoms with Gasteiger partial charge in [-0.1, -0.05) is 29.4 Å². The molecule has 45 heavy (non-hydrogen) atoms. The van der Waals surface area contributed by atoms with Gasteiger partial charge in [0.2, 0.25) is 6.41 Å². The molecule has 1 aromatic heterocycles. The summed E-state index contributed by atoms with van der Waals surface area (Å²) < 4.78 is 31.6. The molecular formula is C32H43F2N7O4. The number of nitrogens with one attached hydrogen (secondary N) is 3. The van der Waals surface area contributed by atoms with Crippen LogP contribution in [0.1, 0.15) is 73.0 Å². The minimum atomic E-state index is -3.25. The SMILES string of the molecule is O=CNCCC(Nc1cc(C(=O)NC[C@H](O)CN2CCc3ccccc3C2)ncn1)C(F)(F)C/C(=N\OC1CCCC1)C1CC1. The summed E-state index contributed by atoms with van der Waals surface area (Å²) in [6, 6.07) is 8.12. The predicted molar refractivity (Wildman–Crippen MR) is 165 cm³/mol. The smallest absolute Gasteiger partial charge is 0.273 e. The summed E-state index contributed by atoms with van der Waals surface area (Å²) in [5.74, 6) is -3.77. The van der Waals surface area contributed by atoms with E-state index >= 15 is 8.78 Å². The summed E-state index contributed by atoms with van der Waals surface area (Å²) in [6.45, 7) is 1.98. The molecule has 0 spiro atoms. The largest absolute Gasteiger partial charge is 0.393 e. The molecule has 1 aliphatic heterocycles. The van der Waals surface area contributed by atoms with Gasteiger partial charge in [-0.25, -0.2) is 18.7 Å². The van der Waals surface area contributed by atoms with Crippen molar-refractivity contribution in [3.05, 3.63) is 53.5 Å². The molecule has 2 amide bonds. The summed E-state index contributed by atoms with van der Waals surface area (Å²) in [5, 5.41) is 22.7. The van der Waals surface area contributed by atoms with E-state index in [0.717, 1.165) is 64.4 Å². The molecule has 0 radical (unpaired) electrons. The predicted octanol–water partition coefficient (Wildman–Crippen LogP) is 3.29. The number of aliphatic hydroxyl groups excluding tert-OH is 1. The number of aliphatic hydroxyl groups is 1. The van der Waals surface area contributed by atoms with Crippen molar-refractivity contribution in [1.29, 1.82) is 0 Å². The van der Waals surface area contributed by atoms with Gasteiger partial charge in [0.15, 0.2) is 0 Å². The second-order valence-electron chi connectivity index (χ2n) is 12.3. The van der Waals surface area contributed by atoms with Crippen molar-refractivity contribution in [2.45, 2.75) is 88.5 Å². The van der Waals surface area contributed by atoms with Gasteiger partial charge >= 0.3 is 0 Å². The summed E-state index contributed by atoms with van der Waals surface area (Å²) in [5.41, 5.74) is 2.89. The van der Waals surface area contributed by atoms with E-state index < -0.39 is 30.4 Å². The average Bonchev–Trinajstić information content (AvgIpc) is 3.76. The standard InChI is InChI=1S/C32H43F2N7O4/c33-32(34,16-28(23-9-10-23)40-45-26-7-3-4-8-26)29(11-13-35-21-42)39-30-15-27(37-20-38-30)31(44)36-17-25(43)19-41-14-12-22-5-1-2-6-24(22)18-41/h1-2,5-6,15,20-21,23,25-26,29,43H,3-4,7-14,16-19H2,(H,35,42)(H,36,44)(H,37,38,39)/b40-28+/t25-,29?/m0/s1. The lowest BCUT2D eigenvalue weighted by Gasteiger charge is -2.30. The van der Waals surface area contributed by atoms with Gasteiger partial charge in [-0.2, -0.15) is 0 Å². The fourth-order valence-corrected chi connectivity index (χ4v) is 5.96. The van der Waals surface area contributed by atoms with Crippen molar-refractivity contribution in [3.63, 3.8) is 0 Å². The maximum absolute atomic E-state index is 15.8. The quantitative estimate of drug-likeness (QED) is 0.0907. The van der Waals surface area contributed by atoms with E-state index in [1.54, 1.807) is 0 Å².